The summed E-state index contributed by atoms with van der Waals surface area (Å²) >= 11 is 0. The number of hydrogen-bond donors (Lipinski definition) is 3. The first-order valence-electron chi connectivity index (χ1n) is 10.1. The molecule has 0 saturated heterocycles. The van der Waals surface area contributed by atoms with Crippen molar-refractivity contribution in [2.45, 2.75) is 53.4 Å². The summed E-state index contributed by atoms with van der Waals surface area (Å²) in [5.74, 6) is 0. The summed E-state index contributed by atoms with van der Waals surface area (Å²) in [6.07, 6.45) is 4.26. The number of aryl methyl sites for hydroxylation is 4. The first kappa shape index (κ1) is 20.3. The van der Waals surface area contributed by atoms with Gasteiger partial charge in [-0.1, -0.05) is 64.1 Å². The fourth-order valence-corrected chi connectivity index (χ4v) is 3.45. The summed E-state index contributed by atoms with van der Waals surface area (Å²) in [5, 5.41) is 10.7. The molecule has 2 aromatic rings. The average Bonchev–Trinajstić information content (AvgIpc) is 2.70. The first-order valence-corrected chi connectivity index (χ1v) is 10.1. The lowest BCUT2D eigenvalue weighted by atomic mass is 10.0. The Morgan fingerprint density at radius 1 is 0.577 bits per heavy atom. The summed E-state index contributed by atoms with van der Waals surface area (Å²) in [6, 6.07) is 13.2. The quantitative estimate of drug-likeness (QED) is 0.393. The molecule has 0 saturated carbocycles. The topological polar surface area (TPSA) is 36.1 Å². The van der Waals surface area contributed by atoms with Gasteiger partial charge in [-0.2, -0.15) is 0 Å². The smallest absolute Gasteiger partial charge is 0.0653 e. The van der Waals surface area contributed by atoms with Crippen molar-refractivity contribution in [3.8, 4) is 0 Å². The highest BCUT2D eigenvalue weighted by Crippen LogP contribution is 2.23. The third kappa shape index (κ3) is 5.25. The van der Waals surface area contributed by atoms with Crippen LogP contribution in [0.4, 0.5) is 11.4 Å². The van der Waals surface area contributed by atoms with Crippen LogP contribution in [0.25, 0.3) is 0 Å². The van der Waals surface area contributed by atoms with Crippen LogP contribution in [0.3, 0.4) is 0 Å². The molecule has 0 aliphatic heterocycles. The molecule has 0 aliphatic rings. The molecule has 0 amide bonds. The molecule has 0 aliphatic carbocycles. The second-order valence-electron chi connectivity index (χ2n) is 6.60. The van der Waals surface area contributed by atoms with Crippen molar-refractivity contribution in [1.29, 1.82) is 0 Å². The highest BCUT2D eigenvalue weighted by Gasteiger charge is 2.06. The van der Waals surface area contributed by atoms with Gasteiger partial charge in [-0.3, -0.25) is 5.32 Å². The number of benzene rings is 2. The second-order valence-corrected chi connectivity index (χ2v) is 6.60. The van der Waals surface area contributed by atoms with Gasteiger partial charge in [0.15, 0.2) is 0 Å². The van der Waals surface area contributed by atoms with Gasteiger partial charge in [-0.05, 0) is 47.9 Å². The Balaban J connectivity index is 1.82. The zero-order valence-corrected chi connectivity index (χ0v) is 16.9. The van der Waals surface area contributed by atoms with Gasteiger partial charge in [0.2, 0.25) is 0 Å². The van der Waals surface area contributed by atoms with E-state index in [1.165, 1.54) is 33.6 Å². The average molecular weight is 354 g/mol. The van der Waals surface area contributed by atoms with E-state index in [0.717, 1.165) is 45.4 Å². The highest BCUT2D eigenvalue weighted by molar-refractivity contribution is 5.58. The molecule has 3 N–H and O–H groups in total. The minimum atomic E-state index is 0.793. The molecule has 0 radical (unpaired) electrons. The van der Waals surface area contributed by atoms with Crippen LogP contribution in [0.1, 0.15) is 49.9 Å². The summed E-state index contributed by atoms with van der Waals surface area (Å²) in [5.41, 5.74) is 8.25. The fourth-order valence-electron chi connectivity index (χ4n) is 3.45. The van der Waals surface area contributed by atoms with Gasteiger partial charge < -0.3 is 10.6 Å². The van der Waals surface area contributed by atoms with E-state index in [9.17, 15) is 0 Å². The standard InChI is InChI=1S/C23H35N3/c1-5-18-11-9-12-19(6-2)22(18)25-16-15-24-17-26-23-20(7-3)13-10-14-21(23)8-4/h9-14,24-26H,5-8,15-17H2,1-4H3. The van der Waals surface area contributed by atoms with Crippen molar-refractivity contribution in [1.82, 2.24) is 5.32 Å². The van der Waals surface area contributed by atoms with Crippen molar-refractivity contribution in [2.75, 3.05) is 30.4 Å². The number of para-hydroxylation sites is 2. The molecule has 0 bridgehead atoms. The molecule has 0 spiro atoms. The maximum Gasteiger partial charge on any atom is 0.0653 e. The van der Waals surface area contributed by atoms with E-state index >= 15 is 0 Å². The molecule has 3 nitrogen and oxygen atoms in total. The third-order valence-corrected chi connectivity index (χ3v) is 4.99. The summed E-state index contributed by atoms with van der Waals surface area (Å²) < 4.78 is 0. The van der Waals surface area contributed by atoms with Gasteiger partial charge in [0, 0.05) is 24.5 Å². The van der Waals surface area contributed by atoms with Crippen LogP contribution in [0.15, 0.2) is 36.4 Å². The van der Waals surface area contributed by atoms with E-state index in [4.69, 9.17) is 0 Å². The second kappa shape index (κ2) is 10.9. The summed E-state index contributed by atoms with van der Waals surface area (Å²) in [6.45, 7) is 11.5. The maximum atomic E-state index is 3.64. The zero-order chi connectivity index (χ0) is 18.8. The molecule has 0 heterocycles. The molecule has 0 aromatic heterocycles. The lowest BCUT2D eigenvalue weighted by molar-refractivity contribution is 0.743. The molecule has 0 fully saturated rings. The predicted molar refractivity (Wildman–Crippen MR) is 115 cm³/mol. The Bertz CT molecular complexity index is 575. The first-order chi connectivity index (χ1) is 12.7. The Kier molecular flexibility index (Phi) is 8.49. The van der Waals surface area contributed by atoms with Crippen LogP contribution >= 0.6 is 0 Å². The van der Waals surface area contributed by atoms with Gasteiger partial charge >= 0.3 is 0 Å². The summed E-state index contributed by atoms with van der Waals surface area (Å²) in [7, 11) is 0. The van der Waals surface area contributed by atoms with Gasteiger partial charge in [-0.15, -0.1) is 0 Å². The third-order valence-electron chi connectivity index (χ3n) is 4.99. The molecular formula is C23H35N3. The normalized spacial score (nSPS) is 10.8. The SMILES string of the molecule is CCc1cccc(CC)c1NCCNCNc1c(CC)cccc1CC. The largest absolute Gasteiger partial charge is 0.383 e. The van der Waals surface area contributed by atoms with Gasteiger partial charge in [-0.25, -0.2) is 0 Å². The van der Waals surface area contributed by atoms with E-state index in [2.05, 4.69) is 80.0 Å². The molecule has 0 atom stereocenters. The molecule has 2 rings (SSSR count). The van der Waals surface area contributed by atoms with Crippen LogP contribution in [-0.4, -0.2) is 19.8 Å². The minimum absolute atomic E-state index is 0.793. The van der Waals surface area contributed by atoms with Crippen molar-refractivity contribution in [3.63, 3.8) is 0 Å². The van der Waals surface area contributed by atoms with E-state index in [1.54, 1.807) is 0 Å². The molecule has 3 heteroatoms. The molecule has 0 unspecified atom stereocenters. The molecular weight excluding hydrogens is 318 g/mol. The number of anilines is 2. The van der Waals surface area contributed by atoms with E-state index in [-0.39, 0.29) is 0 Å². The van der Waals surface area contributed by atoms with Crippen molar-refractivity contribution in [3.05, 3.63) is 58.7 Å². The highest BCUT2D eigenvalue weighted by atomic mass is 15.1. The van der Waals surface area contributed by atoms with Crippen molar-refractivity contribution < 1.29 is 0 Å². The lowest BCUT2D eigenvalue weighted by Gasteiger charge is -2.17. The fraction of sp³-hybridized carbons (Fsp3) is 0.478. The van der Waals surface area contributed by atoms with E-state index in [1.807, 2.05) is 0 Å². The van der Waals surface area contributed by atoms with Crippen LogP contribution < -0.4 is 16.0 Å². The van der Waals surface area contributed by atoms with Crippen molar-refractivity contribution >= 4 is 11.4 Å². The Morgan fingerprint density at radius 2 is 1.00 bits per heavy atom. The van der Waals surface area contributed by atoms with E-state index < -0.39 is 0 Å². The van der Waals surface area contributed by atoms with Gasteiger partial charge in [0.1, 0.15) is 0 Å². The molecule has 142 valence electrons. The molecule has 2 aromatic carbocycles. The zero-order valence-electron chi connectivity index (χ0n) is 16.9. The van der Waals surface area contributed by atoms with Crippen LogP contribution in [0.5, 0.6) is 0 Å². The number of rotatable bonds is 11. The maximum absolute atomic E-state index is 3.64. The minimum Gasteiger partial charge on any atom is -0.383 e. The number of hydrogen-bond acceptors (Lipinski definition) is 3. The van der Waals surface area contributed by atoms with E-state index in [0.29, 0.717) is 0 Å². The van der Waals surface area contributed by atoms with Crippen LogP contribution in [-0.2, 0) is 25.7 Å². The monoisotopic (exact) mass is 353 g/mol. The predicted octanol–water partition coefficient (Wildman–Crippen LogP) is 5.01. The van der Waals surface area contributed by atoms with Crippen LogP contribution in [0.2, 0.25) is 0 Å². The van der Waals surface area contributed by atoms with Crippen LogP contribution in [0, 0.1) is 0 Å². The lowest BCUT2D eigenvalue weighted by Crippen LogP contribution is -2.28. The Hall–Kier alpha value is -2.00. The van der Waals surface area contributed by atoms with Crippen molar-refractivity contribution in [2.24, 2.45) is 0 Å². The van der Waals surface area contributed by atoms with Gasteiger partial charge in [0.05, 0.1) is 6.67 Å². The Labute approximate surface area is 159 Å². The van der Waals surface area contributed by atoms with Gasteiger partial charge in [0.25, 0.3) is 0 Å². The molecule has 26 heavy (non-hydrogen) atoms. The number of nitrogens with one attached hydrogen (secondary N) is 3. The summed E-state index contributed by atoms with van der Waals surface area (Å²) in [4.78, 5) is 0. The Morgan fingerprint density at radius 3 is 1.42 bits per heavy atom.